The van der Waals surface area contributed by atoms with Crippen LogP contribution in [0.4, 0.5) is 0 Å². The molecule has 0 saturated heterocycles. The predicted molar refractivity (Wildman–Crippen MR) is 91.4 cm³/mol. The lowest BCUT2D eigenvalue weighted by Crippen LogP contribution is -2.14. The first-order valence-electron chi connectivity index (χ1n) is 6.81. The molecule has 0 heterocycles. The van der Waals surface area contributed by atoms with Gasteiger partial charge >= 0.3 is 0 Å². The number of hydrogen-bond donors (Lipinski definition) is 0. The Balaban J connectivity index is 2.25. The molecular weight excluding hydrogens is 337 g/mol. The summed E-state index contributed by atoms with van der Waals surface area (Å²) in [6, 6.07) is 12.6. The molecule has 0 saturated carbocycles. The molecule has 2 aromatic rings. The molecule has 0 amide bonds. The summed E-state index contributed by atoms with van der Waals surface area (Å²) in [5.74, 6) is 0.684. The fraction of sp³-hybridized carbons (Fsp3) is 0.176. The highest BCUT2D eigenvalue weighted by molar-refractivity contribution is 6.84. The van der Waals surface area contributed by atoms with E-state index in [2.05, 4.69) is 5.16 Å². The van der Waals surface area contributed by atoms with Gasteiger partial charge in [-0.25, -0.2) is 0 Å². The number of rotatable bonds is 6. The topological polar surface area (TPSA) is 47.9 Å². The summed E-state index contributed by atoms with van der Waals surface area (Å²) >= 11 is 11.6. The van der Waals surface area contributed by atoms with E-state index >= 15 is 0 Å². The van der Waals surface area contributed by atoms with Crippen LogP contribution in [-0.4, -0.2) is 18.1 Å². The maximum absolute atomic E-state index is 11.5. The molecule has 0 radical (unpaired) electrons. The first kappa shape index (κ1) is 17.3. The summed E-state index contributed by atoms with van der Waals surface area (Å²) < 4.78 is 5.77. The highest BCUT2D eigenvalue weighted by Gasteiger charge is 2.16. The Kier molecular flexibility index (Phi) is 6.02. The summed E-state index contributed by atoms with van der Waals surface area (Å²) in [4.78, 5) is 16.2. The second-order valence-electron chi connectivity index (χ2n) is 4.75. The lowest BCUT2D eigenvalue weighted by Gasteiger charge is -2.11. The first-order chi connectivity index (χ1) is 11.0. The third-order valence-corrected chi connectivity index (χ3v) is 3.77. The number of carbonyl (C=O) groups is 1. The van der Waals surface area contributed by atoms with E-state index in [-0.39, 0.29) is 12.3 Å². The number of benzene rings is 2. The van der Waals surface area contributed by atoms with Crippen LogP contribution in [0.15, 0.2) is 47.6 Å². The largest absolute Gasteiger partial charge is 0.489 e. The Morgan fingerprint density at radius 3 is 2.61 bits per heavy atom. The van der Waals surface area contributed by atoms with Crippen LogP contribution in [0.1, 0.15) is 16.7 Å². The van der Waals surface area contributed by atoms with Gasteiger partial charge in [0.25, 0.3) is 5.24 Å². The van der Waals surface area contributed by atoms with E-state index in [9.17, 15) is 4.79 Å². The van der Waals surface area contributed by atoms with Gasteiger partial charge in [0.2, 0.25) is 0 Å². The maximum Gasteiger partial charge on any atom is 0.274 e. The zero-order valence-corrected chi connectivity index (χ0v) is 14.2. The van der Waals surface area contributed by atoms with Gasteiger partial charge in [-0.2, -0.15) is 0 Å². The molecule has 0 atom stereocenters. The lowest BCUT2D eigenvalue weighted by atomic mass is 10.0. The summed E-state index contributed by atoms with van der Waals surface area (Å²) in [6.45, 7) is 2.16. The Labute approximate surface area is 144 Å². The zero-order valence-electron chi connectivity index (χ0n) is 12.7. The molecule has 0 spiro atoms. The first-order valence-corrected chi connectivity index (χ1v) is 7.56. The molecule has 0 fully saturated rings. The normalized spacial score (nSPS) is 11.2. The van der Waals surface area contributed by atoms with Gasteiger partial charge in [-0.3, -0.25) is 4.79 Å². The Hall–Kier alpha value is -2.04. The van der Waals surface area contributed by atoms with E-state index in [1.807, 2.05) is 25.1 Å². The highest BCUT2D eigenvalue weighted by Crippen LogP contribution is 2.22. The molecule has 2 rings (SSSR count). The van der Waals surface area contributed by atoms with Crippen LogP contribution in [0.2, 0.25) is 5.02 Å². The predicted octanol–water partition coefficient (Wildman–Crippen LogP) is 4.34. The number of carbonyl (C=O) groups excluding carboxylic acids is 1. The van der Waals surface area contributed by atoms with Crippen LogP contribution in [0, 0.1) is 6.92 Å². The quantitative estimate of drug-likeness (QED) is 0.441. The SMILES string of the molecule is CO/N=C(/C(=O)Cl)c1ccccc1COc1ccc(Cl)c(C)c1. The Morgan fingerprint density at radius 2 is 1.96 bits per heavy atom. The van der Waals surface area contributed by atoms with Crippen molar-refractivity contribution >= 4 is 34.2 Å². The average molecular weight is 352 g/mol. The highest BCUT2D eigenvalue weighted by atomic mass is 35.5. The van der Waals surface area contributed by atoms with Gasteiger partial charge in [-0.05, 0) is 47.9 Å². The number of ether oxygens (including phenoxy) is 1. The molecule has 120 valence electrons. The summed E-state index contributed by atoms with van der Waals surface area (Å²) in [5.41, 5.74) is 2.31. The smallest absolute Gasteiger partial charge is 0.274 e. The van der Waals surface area contributed by atoms with E-state index in [0.29, 0.717) is 16.3 Å². The van der Waals surface area contributed by atoms with E-state index in [4.69, 9.17) is 32.8 Å². The van der Waals surface area contributed by atoms with E-state index in [1.165, 1.54) is 7.11 Å². The Bertz CT molecular complexity index is 744. The fourth-order valence-corrected chi connectivity index (χ4v) is 2.28. The van der Waals surface area contributed by atoms with Gasteiger partial charge < -0.3 is 9.57 Å². The van der Waals surface area contributed by atoms with Gasteiger partial charge in [0.05, 0.1) is 0 Å². The van der Waals surface area contributed by atoms with Crippen molar-refractivity contribution in [1.82, 2.24) is 0 Å². The molecule has 0 unspecified atom stereocenters. The molecule has 6 heteroatoms. The van der Waals surface area contributed by atoms with E-state index < -0.39 is 5.24 Å². The number of aryl methyl sites for hydroxylation is 1. The van der Waals surface area contributed by atoms with E-state index in [1.54, 1.807) is 24.3 Å². The second kappa shape index (κ2) is 7.99. The average Bonchev–Trinajstić information content (AvgIpc) is 2.54. The number of nitrogens with zero attached hydrogens (tertiary/aromatic N) is 1. The Morgan fingerprint density at radius 1 is 1.22 bits per heavy atom. The lowest BCUT2D eigenvalue weighted by molar-refractivity contribution is -0.106. The summed E-state index contributed by atoms with van der Waals surface area (Å²) in [5, 5.41) is 3.69. The van der Waals surface area contributed by atoms with Crippen LogP contribution in [0.5, 0.6) is 5.75 Å². The van der Waals surface area contributed by atoms with Crippen molar-refractivity contribution in [2.45, 2.75) is 13.5 Å². The minimum absolute atomic E-state index is 0.0423. The van der Waals surface area contributed by atoms with Gasteiger partial charge in [-0.1, -0.05) is 41.0 Å². The molecular formula is C17H15Cl2NO3. The molecule has 0 aromatic heterocycles. The molecule has 23 heavy (non-hydrogen) atoms. The molecule has 4 nitrogen and oxygen atoms in total. The van der Waals surface area contributed by atoms with Crippen LogP contribution in [0.25, 0.3) is 0 Å². The minimum Gasteiger partial charge on any atom is -0.489 e. The third-order valence-electron chi connectivity index (χ3n) is 3.16. The molecule has 0 aliphatic heterocycles. The van der Waals surface area contributed by atoms with Crippen molar-refractivity contribution in [3.05, 3.63) is 64.2 Å². The van der Waals surface area contributed by atoms with Crippen molar-refractivity contribution in [3.63, 3.8) is 0 Å². The van der Waals surface area contributed by atoms with Gasteiger partial charge in [0.15, 0.2) is 5.71 Å². The van der Waals surface area contributed by atoms with Gasteiger partial charge in [0.1, 0.15) is 19.5 Å². The molecule has 0 N–H and O–H groups in total. The van der Waals surface area contributed by atoms with Crippen molar-refractivity contribution in [1.29, 1.82) is 0 Å². The van der Waals surface area contributed by atoms with Crippen LogP contribution in [-0.2, 0) is 16.2 Å². The zero-order chi connectivity index (χ0) is 16.8. The third kappa shape index (κ3) is 4.47. The van der Waals surface area contributed by atoms with Crippen LogP contribution >= 0.6 is 23.2 Å². The summed E-state index contributed by atoms with van der Waals surface area (Å²) in [6.07, 6.45) is 0. The fourth-order valence-electron chi connectivity index (χ4n) is 2.03. The van der Waals surface area contributed by atoms with E-state index in [0.717, 1.165) is 11.1 Å². The molecule has 0 aliphatic carbocycles. The molecule has 0 bridgehead atoms. The second-order valence-corrected chi connectivity index (χ2v) is 5.50. The van der Waals surface area contributed by atoms with Gasteiger partial charge in [0, 0.05) is 10.6 Å². The minimum atomic E-state index is -0.693. The maximum atomic E-state index is 11.5. The summed E-state index contributed by atoms with van der Waals surface area (Å²) in [7, 11) is 1.36. The number of halogens is 2. The molecule has 0 aliphatic rings. The standard InChI is InChI=1S/C17H15Cl2NO3/c1-11-9-13(7-8-15(11)18)23-10-12-5-3-4-6-14(12)16(17(19)21)20-22-2/h3-9H,10H2,1-2H3/b20-16+. The van der Waals surface area contributed by atoms with Crippen molar-refractivity contribution in [2.24, 2.45) is 5.16 Å². The number of oxime groups is 1. The monoisotopic (exact) mass is 351 g/mol. The van der Waals surface area contributed by atoms with Gasteiger partial charge in [-0.15, -0.1) is 0 Å². The van der Waals surface area contributed by atoms with Crippen molar-refractivity contribution in [3.8, 4) is 5.75 Å². The van der Waals surface area contributed by atoms with Crippen LogP contribution in [0.3, 0.4) is 0 Å². The van der Waals surface area contributed by atoms with Crippen molar-refractivity contribution in [2.75, 3.05) is 7.11 Å². The van der Waals surface area contributed by atoms with Crippen LogP contribution < -0.4 is 4.74 Å². The number of hydrogen-bond acceptors (Lipinski definition) is 4. The molecule has 2 aromatic carbocycles. The van der Waals surface area contributed by atoms with Crippen molar-refractivity contribution < 1.29 is 14.4 Å².